The maximum atomic E-state index is 13.0. The number of hydrogen-bond donors (Lipinski definition) is 1. The van der Waals surface area contributed by atoms with E-state index in [1.165, 1.54) is 44.2 Å². The van der Waals surface area contributed by atoms with Gasteiger partial charge in [0.25, 0.3) is 5.91 Å². The number of amides is 1. The van der Waals surface area contributed by atoms with Crippen LogP contribution in [0.2, 0.25) is 0 Å². The summed E-state index contributed by atoms with van der Waals surface area (Å²) in [6.45, 7) is 0.166. The van der Waals surface area contributed by atoms with Crippen molar-refractivity contribution in [2.45, 2.75) is 20.4 Å². The summed E-state index contributed by atoms with van der Waals surface area (Å²) in [6, 6.07) is 8.64. The van der Waals surface area contributed by atoms with E-state index in [1.807, 2.05) is 0 Å². The number of nitrogens with one attached hydrogen (secondary N) is 1. The lowest BCUT2D eigenvalue weighted by molar-refractivity contribution is 0.0541. The molecule has 130 valence electrons. The lowest BCUT2D eigenvalue weighted by Crippen LogP contribution is -2.12. The molecule has 0 saturated carbocycles. The van der Waals surface area contributed by atoms with Gasteiger partial charge in [-0.3, -0.25) is 4.79 Å². The summed E-state index contributed by atoms with van der Waals surface area (Å²) in [5, 5.41) is 6.24. The Hall–Kier alpha value is -3.03. The van der Waals surface area contributed by atoms with Crippen molar-refractivity contribution >= 4 is 11.6 Å². The molecule has 0 fully saturated rings. The summed E-state index contributed by atoms with van der Waals surface area (Å²) in [7, 11) is 0. The molecule has 0 atom stereocenters. The predicted octanol–water partition coefficient (Wildman–Crippen LogP) is 4.55. The average Bonchev–Trinajstić information content (AvgIpc) is 3.16. The van der Waals surface area contributed by atoms with Gasteiger partial charge in [-0.15, -0.1) is 0 Å². The van der Waals surface area contributed by atoms with E-state index in [1.54, 1.807) is 6.07 Å². The maximum Gasteiger partial charge on any atom is 0.333 e. The van der Waals surface area contributed by atoms with Crippen molar-refractivity contribution in [3.05, 3.63) is 59.4 Å². The van der Waals surface area contributed by atoms with E-state index in [-0.39, 0.29) is 28.7 Å². The second kappa shape index (κ2) is 6.46. The molecule has 0 unspecified atom stereocenters. The van der Waals surface area contributed by atoms with E-state index >= 15 is 0 Å². The second-order valence-corrected chi connectivity index (χ2v) is 5.39. The number of carbonyl (C=O) groups excluding carboxylic acids is 1. The number of carbonyl (C=O) groups is 1. The van der Waals surface area contributed by atoms with E-state index in [0.717, 1.165) is 0 Å². The summed E-state index contributed by atoms with van der Waals surface area (Å²) < 4.78 is 44.7. The number of halogens is 3. The van der Waals surface area contributed by atoms with Crippen LogP contribution in [-0.2, 0) is 0 Å². The van der Waals surface area contributed by atoms with Crippen molar-refractivity contribution < 1.29 is 22.4 Å². The van der Waals surface area contributed by atoms with Gasteiger partial charge < -0.3 is 9.73 Å². The van der Waals surface area contributed by atoms with Gasteiger partial charge in [0.1, 0.15) is 11.6 Å². The van der Waals surface area contributed by atoms with Gasteiger partial charge in [0.2, 0.25) is 0 Å². The zero-order valence-electron chi connectivity index (χ0n) is 13.4. The Morgan fingerprint density at radius 3 is 2.44 bits per heavy atom. The quantitative estimate of drug-likeness (QED) is 0.752. The summed E-state index contributed by atoms with van der Waals surface area (Å²) in [5.41, 5.74) is 1.24. The predicted molar refractivity (Wildman–Crippen MR) is 85.0 cm³/mol. The maximum absolute atomic E-state index is 13.0. The Balaban J connectivity index is 1.82. The third kappa shape index (κ3) is 3.28. The number of nitrogens with zero attached hydrogens (tertiary/aromatic N) is 2. The van der Waals surface area contributed by atoms with E-state index < -0.39 is 12.5 Å². The van der Waals surface area contributed by atoms with Crippen molar-refractivity contribution in [1.29, 1.82) is 0 Å². The molecule has 0 radical (unpaired) electrons. The minimum absolute atomic E-state index is 0.00271. The van der Waals surface area contributed by atoms with Crippen LogP contribution >= 0.6 is 0 Å². The first kappa shape index (κ1) is 16.8. The van der Waals surface area contributed by atoms with E-state index in [2.05, 4.69) is 10.4 Å². The lowest BCUT2D eigenvalue weighted by atomic mass is 10.2. The minimum atomic E-state index is -2.79. The molecule has 25 heavy (non-hydrogen) atoms. The summed E-state index contributed by atoms with van der Waals surface area (Å²) in [4.78, 5) is 12.3. The largest absolute Gasteiger partial charge is 0.451 e. The number of alkyl halides is 2. The van der Waals surface area contributed by atoms with Crippen LogP contribution in [0.3, 0.4) is 0 Å². The Morgan fingerprint density at radius 1 is 1.16 bits per heavy atom. The topological polar surface area (TPSA) is 60.1 Å². The number of furan rings is 1. The minimum Gasteiger partial charge on any atom is -0.451 e. The number of aromatic nitrogens is 2. The van der Waals surface area contributed by atoms with Gasteiger partial charge in [0.15, 0.2) is 5.76 Å². The van der Waals surface area contributed by atoms with E-state index in [4.69, 9.17) is 4.42 Å². The molecule has 1 N–H and O–H groups in total. The van der Waals surface area contributed by atoms with Gasteiger partial charge in [0.05, 0.1) is 17.1 Å². The highest BCUT2D eigenvalue weighted by atomic mass is 19.3. The zero-order chi connectivity index (χ0) is 18.1. The number of anilines is 1. The van der Waals surface area contributed by atoms with Crippen LogP contribution in [0.5, 0.6) is 0 Å². The number of aryl methyl sites for hydroxylation is 1. The molecule has 3 rings (SSSR count). The highest BCUT2D eigenvalue weighted by Crippen LogP contribution is 2.26. The number of benzene rings is 1. The Kier molecular flexibility index (Phi) is 4.35. The molecule has 1 amide bonds. The molecule has 0 spiro atoms. The molecular formula is C17H14F3N3O2. The van der Waals surface area contributed by atoms with E-state index in [9.17, 15) is 18.0 Å². The van der Waals surface area contributed by atoms with Crippen molar-refractivity contribution in [1.82, 2.24) is 9.78 Å². The fourth-order valence-electron chi connectivity index (χ4n) is 2.44. The lowest BCUT2D eigenvalue weighted by Gasteiger charge is -2.05. The fourth-order valence-corrected chi connectivity index (χ4v) is 2.44. The molecule has 5 nitrogen and oxygen atoms in total. The summed E-state index contributed by atoms with van der Waals surface area (Å²) >= 11 is 0. The monoisotopic (exact) mass is 349 g/mol. The van der Waals surface area contributed by atoms with Crippen molar-refractivity contribution in [3.63, 3.8) is 0 Å². The van der Waals surface area contributed by atoms with Crippen molar-refractivity contribution in [2.24, 2.45) is 0 Å². The summed E-state index contributed by atoms with van der Waals surface area (Å²) in [5.74, 6) is -0.576. The van der Waals surface area contributed by atoms with Crippen LogP contribution in [0.4, 0.5) is 18.9 Å². The van der Waals surface area contributed by atoms with Gasteiger partial charge >= 0.3 is 6.55 Å². The van der Waals surface area contributed by atoms with Gasteiger partial charge in [-0.1, -0.05) is 0 Å². The van der Waals surface area contributed by atoms with Crippen LogP contribution in [0.15, 0.2) is 40.8 Å². The van der Waals surface area contributed by atoms with Crippen LogP contribution in [0.1, 0.15) is 28.5 Å². The molecule has 0 aliphatic heterocycles. The Labute approximate surface area is 141 Å². The third-order valence-electron chi connectivity index (χ3n) is 3.71. The zero-order valence-corrected chi connectivity index (χ0v) is 13.4. The Morgan fingerprint density at radius 2 is 1.84 bits per heavy atom. The smallest absolute Gasteiger partial charge is 0.333 e. The highest BCUT2D eigenvalue weighted by Gasteiger charge is 2.20. The molecule has 0 aliphatic carbocycles. The van der Waals surface area contributed by atoms with Gasteiger partial charge in [0, 0.05) is 5.56 Å². The van der Waals surface area contributed by atoms with Crippen molar-refractivity contribution in [2.75, 3.05) is 5.32 Å². The second-order valence-electron chi connectivity index (χ2n) is 5.39. The van der Waals surface area contributed by atoms with Crippen molar-refractivity contribution in [3.8, 4) is 11.3 Å². The SMILES string of the molecule is Cc1nn(C(F)F)c(C)c1NC(=O)c1ccc(-c2ccc(F)cc2)o1. The van der Waals surface area contributed by atoms with Crippen LogP contribution < -0.4 is 5.32 Å². The Bertz CT molecular complexity index is 914. The normalized spacial score (nSPS) is 11.1. The van der Waals surface area contributed by atoms with Gasteiger partial charge in [-0.2, -0.15) is 13.9 Å². The molecule has 0 aliphatic rings. The number of rotatable bonds is 4. The first-order valence-electron chi connectivity index (χ1n) is 7.38. The van der Waals surface area contributed by atoms with Crippen LogP contribution in [0.25, 0.3) is 11.3 Å². The standard InChI is InChI=1S/C17H14F3N3O2/c1-9-15(10(2)23(22-9)17(19)20)21-16(24)14-8-7-13(25-14)11-3-5-12(18)6-4-11/h3-8,17H,1-2H3,(H,21,24). The van der Waals surface area contributed by atoms with Gasteiger partial charge in [-0.25, -0.2) is 9.07 Å². The molecule has 0 bridgehead atoms. The first-order chi connectivity index (χ1) is 11.9. The molecule has 0 saturated heterocycles. The molecular weight excluding hydrogens is 335 g/mol. The van der Waals surface area contributed by atoms with Gasteiger partial charge in [-0.05, 0) is 50.2 Å². The fraction of sp³-hybridized carbons (Fsp3) is 0.176. The molecule has 3 aromatic rings. The van der Waals surface area contributed by atoms with Crippen LogP contribution in [-0.4, -0.2) is 15.7 Å². The summed E-state index contributed by atoms with van der Waals surface area (Å²) in [6.07, 6.45) is 0. The van der Waals surface area contributed by atoms with Crippen LogP contribution in [0, 0.1) is 19.7 Å². The molecule has 2 aromatic heterocycles. The highest BCUT2D eigenvalue weighted by molar-refractivity contribution is 6.03. The first-order valence-corrected chi connectivity index (χ1v) is 7.38. The average molecular weight is 349 g/mol. The number of hydrogen-bond acceptors (Lipinski definition) is 3. The third-order valence-corrected chi connectivity index (χ3v) is 3.71. The molecule has 1 aromatic carbocycles. The molecule has 8 heteroatoms. The molecule has 2 heterocycles. The van der Waals surface area contributed by atoms with E-state index in [0.29, 0.717) is 16.0 Å².